The SMILES string of the molecule is Cc1nc(NS(=O)(=O)CC#N)sc1C. The first-order chi connectivity index (χ1) is 6.44. The van der Waals surface area contributed by atoms with Crippen molar-refractivity contribution in [3.63, 3.8) is 0 Å². The third-order valence-electron chi connectivity index (χ3n) is 1.53. The highest BCUT2D eigenvalue weighted by atomic mass is 32.2. The molecule has 1 N–H and O–H groups in total. The molecule has 0 saturated heterocycles. The number of anilines is 1. The van der Waals surface area contributed by atoms with E-state index in [0.717, 1.165) is 10.6 Å². The lowest BCUT2D eigenvalue weighted by Gasteiger charge is -1.98. The fraction of sp³-hybridized carbons (Fsp3) is 0.429. The lowest BCUT2D eigenvalue weighted by atomic mass is 10.4. The van der Waals surface area contributed by atoms with Gasteiger partial charge in [0.2, 0.25) is 10.0 Å². The third kappa shape index (κ3) is 2.68. The predicted octanol–water partition coefficient (Wildman–Crippen LogP) is 1.03. The Morgan fingerprint density at radius 1 is 1.57 bits per heavy atom. The minimum Gasteiger partial charge on any atom is -0.258 e. The molecule has 0 atom stereocenters. The Morgan fingerprint density at radius 2 is 2.21 bits per heavy atom. The second kappa shape index (κ2) is 3.94. The molecule has 1 rings (SSSR count). The molecule has 1 aromatic heterocycles. The highest BCUT2D eigenvalue weighted by Gasteiger charge is 2.12. The standard InChI is InChI=1S/C7H9N3O2S2/c1-5-6(2)13-7(9-5)10-14(11,12)4-3-8/h4H2,1-2H3,(H,9,10). The average molecular weight is 231 g/mol. The fourth-order valence-electron chi connectivity index (χ4n) is 0.770. The van der Waals surface area contributed by atoms with Gasteiger partial charge in [0, 0.05) is 4.88 Å². The van der Waals surface area contributed by atoms with Crippen LogP contribution in [0.15, 0.2) is 0 Å². The van der Waals surface area contributed by atoms with Crippen LogP contribution in [0.1, 0.15) is 10.6 Å². The Kier molecular flexibility index (Phi) is 3.08. The number of rotatable bonds is 3. The number of aryl methyl sites for hydroxylation is 2. The largest absolute Gasteiger partial charge is 0.258 e. The van der Waals surface area contributed by atoms with Crippen LogP contribution in [0, 0.1) is 25.2 Å². The number of nitriles is 1. The van der Waals surface area contributed by atoms with Crippen molar-refractivity contribution in [1.29, 1.82) is 5.26 Å². The van der Waals surface area contributed by atoms with Crippen LogP contribution in [-0.4, -0.2) is 19.2 Å². The zero-order valence-electron chi connectivity index (χ0n) is 7.73. The Labute approximate surface area is 86.5 Å². The van der Waals surface area contributed by atoms with Crippen molar-refractivity contribution in [3.8, 4) is 6.07 Å². The van der Waals surface area contributed by atoms with E-state index in [2.05, 4.69) is 9.71 Å². The second-order valence-corrected chi connectivity index (χ2v) is 5.61. The minimum absolute atomic E-state index is 0.315. The summed E-state index contributed by atoms with van der Waals surface area (Å²) in [4.78, 5) is 4.95. The first-order valence-corrected chi connectivity index (χ1v) is 6.23. The van der Waals surface area contributed by atoms with E-state index in [4.69, 9.17) is 5.26 Å². The molecule has 0 fully saturated rings. The number of hydrogen-bond acceptors (Lipinski definition) is 5. The molecule has 0 spiro atoms. The second-order valence-electron chi connectivity index (χ2n) is 2.68. The molecule has 0 aromatic carbocycles. The van der Waals surface area contributed by atoms with E-state index in [9.17, 15) is 8.42 Å². The topological polar surface area (TPSA) is 82.8 Å². The third-order valence-corrected chi connectivity index (χ3v) is 3.66. The number of hydrogen-bond donors (Lipinski definition) is 1. The van der Waals surface area contributed by atoms with Crippen LogP contribution >= 0.6 is 11.3 Å². The van der Waals surface area contributed by atoms with E-state index in [1.807, 2.05) is 6.92 Å². The summed E-state index contributed by atoms with van der Waals surface area (Å²) in [5, 5.41) is 8.57. The van der Waals surface area contributed by atoms with Gasteiger partial charge in [0.05, 0.1) is 11.8 Å². The van der Waals surface area contributed by atoms with Gasteiger partial charge in [0.25, 0.3) is 0 Å². The van der Waals surface area contributed by atoms with Gasteiger partial charge in [-0.15, -0.1) is 11.3 Å². The maximum absolute atomic E-state index is 11.2. The van der Waals surface area contributed by atoms with Crippen molar-refractivity contribution in [1.82, 2.24) is 4.98 Å². The summed E-state index contributed by atoms with van der Waals surface area (Å²) in [5.74, 6) is -0.551. The van der Waals surface area contributed by atoms with Gasteiger partial charge >= 0.3 is 0 Å². The molecule has 0 saturated carbocycles. The fourth-order valence-corrected chi connectivity index (χ4v) is 2.54. The molecule has 76 valence electrons. The van der Waals surface area contributed by atoms with Crippen LogP contribution in [0.5, 0.6) is 0 Å². The molecule has 7 heteroatoms. The first-order valence-electron chi connectivity index (χ1n) is 3.76. The first kappa shape index (κ1) is 10.9. The summed E-state index contributed by atoms with van der Waals surface area (Å²) in [6.07, 6.45) is 0. The summed E-state index contributed by atoms with van der Waals surface area (Å²) in [5.41, 5.74) is 0.796. The van der Waals surface area contributed by atoms with Gasteiger partial charge in [0.1, 0.15) is 0 Å². The summed E-state index contributed by atoms with van der Waals surface area (Å²) < 4.78 is 24.5. The van der Waals surface area contributed by atoms with Gasteiger partial charge in [-0.05, 0) is 13.8 Å². The summed E-state index contributed by atoms with van der Waals surface area (Å²) in [6, 6.07) is 1.58. The van der Waals surface area contributed by atoms with Gasteiger partial charge in [-0.2, -0.15) is 5.26 Å². The highest BCUT2D eigenvalue weighted by molar-refractivity contribution is 7.93. The number of aromatic nitrogens is 1. The summed E-state index contributed by atoms with van der Waals surface area (Å²) in [6.45, 7) is 3.66. The zero-order valence-corrected chi connectivity index (χ0v) is 9.37. The van der Waals surface area contributed by atoms with Crippen LogP contribution in [0.25, 0.3) is 0 Å². The van der Waals surface area contributed by atoms with Crippen molar-refractivity contribution in [2.24, 2.45) is 0 Å². The molecule has 0 aliphatic heterocycles. The lowest BCUT2D eigenvalue weighted by molar-refractivity contribution is 0.604. The van der Waals surface area contributed by atoms with Gasteiger partial charge in [-0.25, -0.2) is 13.4 Å². The molecule has 0 aliphatic rings. The number of nitrogens with one attached hydrogen (secondary N) is 1. The monoisotopic (exact) mass is 231 g/mol. The van der Waals surface area contributed by atoms with E-state index in [1.54, 1.807) is 13.0 Å². The van der Waals surface area contributed by atoms with Crippen LogP contribution < -0.4 is 4.72 Å². The molecule has 14 heavy (non-hydrogen) atoms. The summed E-state index contributed by atoms with van der Waals surface area (Å²) >= 11 is 1.26. The van der Waals surface area contributed by atoms with E-state index in [0.29, 0.717) is 5.13 Å². The quantitative estimate of drug-likeness (QED) is 0.842. The number of sulfonamides is 1. The molecule has 0 amide bonds. The maximum Gasteiger partial charge on any atom is 0.247 e. The molecule has 0 aliphatic carbocycles. The zero-order chi connectivity index (χ0) is 10.8. The Bertz CT molecular complexity index is 450. The lowest BCUT2D eigenvalue weighted by Crippen LogP contribution is -2.15. The van der Waals surface area contributed by atoms with E-state index in [1.165, 1.54) is 11.3 Å². The van der Waals surface area contributed by atoms with E-state index in [-0.39, 0.29) is 0 Å². The Hall–Kier alpha value is -1.13. The highest BCUT2D eigenvalue weighted by Crippen LogP contribution is 2.21. The average Bonchev–Trinajstić information content (AvgIpc) is 2.29. The maximum atomic E-state index is 11.2. The molecule has 0 unspecified atom stereocenters. The van der Waals surface area contributed by atoms with E-state index >= 15 is 0 Å². The van der Waals surface area contributed by atoms with Gasteiger partial charge in [-0.3, -0.25) is 4.72 Å². The van der Waals surface area contributed by atoms with Crippen molar-refractivity contribution >= 4 is 26.5 Å². The van der Waals surface area contributed by atoms with Gasteiger partial charge in [-0.1, -0.05) is 0 Å². The van der Waals surface area contributed by atoms with Gasteiger partial charge < -0.3 is 0 Å². The predicted molar refractivity (Wildman–Crippen MR) is 54.6 cm³/mol. The van der Waals surface area contributed by atoms with Crippen molar-refractivity contribution < 1.29 is 8.42 Å². The normalized spacial score (nSPS) is 10.9. The molecular weight excluding hydrogens is 222 g/mol. The molecule has 1 aromatic rings. The molecule has 5 nitrogen and oxygen atoms in total. The van der Waals surface area contributed by atoms with Crippen LogP contribution in [0.4, 0.5) is 5.13 Å². The van der Waals surface area contributed by atoms with Crippen LogP contribution in [0.3, 0.4) is 0 Å². The Morgan fingerprint density at radius 3 is 2.64 bits per heavy atom. The van der Waals surface area contributed by atoms with Crippen molar-refractivity contribution in [2.75, 3.05) is 10.5 Å². The van der Waals surface area contributed by atoms with Crippen LogP contribution in [0.2, 0.25) is 0 Å². The number of thiazole rings is 1. The molecule has 0 bridgehead atoms. The smallest absolute Gasteiger partial charge is 0.247 e. The minimum atomic E-state index is -3.55. The Balaban J connectivity index is 2.85. The van der Waals surface area contributed by atoms with Crippen LogP contribution in [-0.2, 0) is 10.0 Å². The molecule has 1 heterocycles. The van der Waals surface area contributed by atoms with Crippen molar-refractivity contribution in [2.45, 2.75) is 13.8 Å². The van der Waals surface area contributed by atoms with Gasteiger partial charge in [0.15, 0.2) is 10.9 Å². The summed E-state index contributed by atoms with van der Waals surface area (Å²) in [7, 11) is -3.55. The molecule has 0 radical (unpaired) electrons. The molecular formula is C7H9N3O2S2. The van der Waals surface area contributed by atoms with E-state index < -0.39 is 15.8 Å². The van der Waals surface area contributed by atoms with Crippen molar-refractivity contribution in [3.05, 3.63) is 10.6 Å². The number of nitrogens with zero attached hydrogens (tertiary/aromatic N) is 2.